The Morgan fingerprint density at radius 3 is 2.85 bits per heavy atom. The van der Waals surface area contributed by atoms with E-state index >= 15 is 0 Å². The molecule has 2 rings (SSSR count). The lowest BCUT2D eigenvalue weighted by atomic mass is 10.0. The highest BCUT2D eigenvalue weighted by Crippen LogP contribution is 2.26. The molecular formula is C11H11NS. The van der Waals surface area contributed by atoms with Crippen LogP contribution in [0.5, 0.6) is 0 Å². The van der Waals surface area contributed by atoms with E-state index in [1.807, 2.05) is 18.5 Å². The van der Waals surface area contributed by atoms with E-state index in [0.717, 1.165) is 0 Å². The largest absolute Gasteiger partial charge is 0.264 e. The third kappa shape index (κ3) is 1.78. The number of nitrogens with zero attached hydrogens (tertiary/aromatic N) is 1. The molecule has 0 aliphatic heterocycles. The van der Waals surface area contributed by atoms with Gasteiger partial charge in [-0.2, -0.15) is 0 Å². The summed E-state index contributed by atoms with van der Waals surface area (Å²) in [5.74, 6) is 0.466. The Bertz CT molecular complexity index is 353. The Morgan fingerprint density at radius 2 is 2.23 bits per heavy atom. The van der Waals surface area contributed by atoms with Crippen LogP contribution in [0.25, 0.3) is 0 Å². The highest BCUT2D eigenvalue weighted by Gasteiger charge is 2.08. The number of thiophene rings is 1. The molecule has 1 nitrogen and oxygen atoms in total. The van der Waals surface area contributed by atoms with Gasteiger partial charge in [0.15, 0.2) is 0 Å². The first-order valence-corrected chi connectivity index (χ1v) is 5.19. The fraction of sp³-hybridized carbons (Fsp3) is 0.182. The summed E-state index contributed by atoms with van der Waals surface area (Å²) in [6.45, 7) is 2.21. The number of pyridine rings is 1. The lowest BCUT2D eigenvalue weighted by Gasteiger charge is -2.07. The Hall–Kier alpha value is -1.15. The maximum Gasteiger partial charge on any atom is 0.0306 e. The highest BCUT2D eigenvalue weighted by molar-refractivity contribution is 7.10. The van der Waals surface area contributed by atoms with Crippen molar-refractivity contribution in [2.24, 2.45) is 0 Å². The molecule has 13 heavy (non-hydrogen) atoms. The Balaban J connectivity index is 2.29. The van der Waals surface area contributed by atoms with Crippen LogP contribution in [0.15, 0.2) is 42.0 Å². The third-order valence-corrected chi connectivity index (χ3v) is 3.21. The molecule has 1 atom stereocenters. The van der Waals surface area contributed by atoms with E-state index in [1.165, 1.54) is 10.4 Å². The molecule has 66 valence electrons. The van der Waals surface area contributed by atoms with E-state index in [4.69, 9.17) is 0 Å². The molecule has 2 aromatic rings. The fourth-order valence-electron chi connectivity index (χ4n) is 1.33. The van der Waals surface area contributed by atoms with Crippen molar-refractivity contribution in [3.05, 3.63) is 52.5 Å². The maximum absolute atomic E-state index is 4.12. The number of hydrogen-bond acceptors (Lipinski definition) is 2. The van der Waals surface area contributed by atoms with Gasteiger partial charge in [0.2, 0.25) is 0 Å². The van der Waals surface area contributed by atoms with Crippen LogP contribution in [0, 0.1) is 0 Å². The quantitative estimate of drug-likeness (QED) is 0.706. The zero-order valence-electron chi connectivity index (χ0n) is 7.47. The standard InChI is InChI=1S/C11H11NS/c1-9(11-5-3-7-13-11)10-4-2-6-12-8-10/h2-9H,1H3. The molecule has 0 aliphatic rings. The fourth-order valence-corrected chi connectivity index (χ4v) is 2.15. The molecule has 0 saturated heterocycles. The van der Waals surface area contributed by atoms with Crippen molar-refractivity contribution < 1.29 is 0 Å². The van der Waals surface area contributed by atoms with Crippen molar-refractivity contribution in [1.82, 2.24) is 4.98 Å². The van der Waals surface area contributed by atoms with Gasteiger partial charge in [-0.15, -0.1) is 11.3 Å². The average molecular weight is 189 g/mol. The van der Waals surface area contributed by atoms with Crippen LogP contribution in [-0.4, -0.2) is 4.98 Å². The lowest BCUT2D eigenvalue weighted by Crippen LogP contribution is -1.92. The summed E-state index contributed by atoms with van der Waals surface area (Å²) in [4.78, 5) is 5.52. The molecule has 0 aliphatic carbocycles. The molecular weight excluding hydrogens is 178 g/mol. The van der Waals surface area contributed by atoms with E-state index in [-0.39, 0.29) is 0 Å². The van der Waals surface area contributed by atoms with Crippen LogP contribution in [0.1, 0.15) is 23.3 Å². The summed E-state index contributed by atoms with van der Waals surface area (Å²) in [5.41, 5.74) is 1.28. The second kappa shape index (κ2) is 3.71. The van der Waals surface area contributed by atoms with Crippen molar-refractivity contribution in [3.63, 3.8) is 0 Å². The van der Waals surface area contributed by atoms with Crippen molar-refractivity contribution in [2.45, 2.75) is 12.8 Å². The van der Waals surface area contributed by atoms with Crippen LogP contribution in [0.4, 0.5) is 0 Å². The smallest absolute Gasteiger partial charge is 0.0306 e. The average Bonchev–Trinajstić information content (AvgIpc) is 2.71. The summed E-state index contributed by atoms with van der Waals surface area (Å²) >= 11 is 1.80. The molecule has 2 heterocycles. The molecule has 0 fully saturated rings. The van der Waals surface area contributed by atoms with Crippen molar-refractivity contribution in [3.8, 4) is 0 Å². The second-order valence-electron chi connectivity index (χ2n) is 3.02. The molecule has 0 N–H and O–H groups in total. The Morgan fingerprint density at radius 1 is 1.31 bits per heavy atom. The molecule has 0 aromatic carbocycles. The van der Waals surface area contributed by atoms with E-state index in [1.54, 1.807) is 11.3 Å². The summed E-state index contributed by atoms with van der Waals surface area (Å²) in [7, 11) is 0. The van der Waals surface area contributed by atoms with Crippen molar-refractivity contribution in [1.29, 1.82) is 0 Å². The van der Waals surface area contributed by atoms with Crippen LogP contribution < -0.4 is 0 Å². The van der Waals surface area contributed by atoms with E-state index in [0.29, 0.717) is 5.92 Å². The minimum atomic E-state index is 0.466. The van der Waals surface area contributed by atoms with Gasteiger partial charge in [0, 0.05) is 23.2 Å². The predicted molar refractivity (Wildman–Crippen MR) is 56.1 cm³/mol. The van der Waals surface area contributed by atoms with E-state index < -0.39 is 0 Å². The molecule has 0 amide bonds. The molecule has 2 heteroatoms. The first-order chi connectivity index (χ1) is 6.38. The zero-order valence-corrected chi connectivity index (χ0v) is 8.29. The SMILES string of the molecule is CC(c1cccnc1)c1cccs1. The highest BCUT2D eigenvalue weighted by atomic mass is 32.1. The van der Waals surface area contributed by atoms with Gasteiger partial charge in [-0.3, -0.25) is 4.98 Å². The van der Waals surface area contributed by atoms with Gasteiger partial charge in [0.05, 0.1) is 0 Å². The van der Waals surface area contributed by atoms with Gasteiger partial charge in [0.1, 0.15) is 0 Å². The van der Waals surface area contributed by atoms with Gasteiger partial charge in [0.25, 0.3) is 0 Å². The Kier molecular flexibility index (Phi) is 2.41. The minimum Gasteiger partial charge on any atom is -0.264 e. The van der Waals surface area contributed by atoms with Crippen LogP contribution in [-0.2, 0) is 0 Å². The zero-order chi connectivity index (χ0) is 9.10. The van der Waals surface area contributed by atoms with Gasteiger partial charge in [-0.05, 0) is 23.1 Å². The normalized spacial score (nSPS) is 12.7. The summed E-state index contributed by atoms with van der Waals surface area (Å²) in [6.07, 6.45) is 3.75. The third-order valence-electron chi connectivity index (χ3n) is 2.15. The summed E-state index contributed by atoms with van der Waals surface area (Å²) in [6, 6.07) is 8.37. The van der Waals surface area contributed by atoms with Crippen molar-refractivity contribution >= 4 is 11.3 Å². The number of aromatic nitrogens is 1. The maximum atomic E-state index is 4.12. The molecule has 0 spiro atoms. The monoisotopic (exact) mass is 189 g/mol. The van der Waals surface area contributed by atoms with Crippen LogP contribution in [0.3, 0.4) is 0 Å². The molecule has 0 saturated carbocycles. The van der Waals surface area contributed by atoms with Crippen LogP contribution >= 0.6 is 11.3 Å². The lowest BCUT2D eigenvalue weighted by molar-refractivity contribution is 0.935. The minimum absolute atomic E-state index is 0.466. The van der Waals surface area contributed by atoms with Gasteiger partial charge >= 0.3 is 0 Å². The molecule has 0 bridgehead atoms. The van der Waals surface area contributed by atoms with Crippen molar-refractivity contribution in [2.75, 3.05) is 0 Å². The van der Waals surface area contributed by atoms with E-state index in [2.05, 4.69) is 35.5 Å². The molecule has 2 aromatic heterocycles. The van der Waals surface area contributed by atoms with Crippen LogP contribution in [0.2, 0.25) is 0 Å². The topological polar surface area (TPSA) is 12.9 Å². The number of hydrogen-bond donors (Lipinski definition) is 0. The molecule has 1 unspecified atom stereocenters. The Labute approximate surface area is 82.1 Å². The van der Waals surface area contributed by atoms with Gasteiger partial charge < -0.3 is 0 Å². The van der Waals surface area contributed by atoms with Gasteiger partial charge in [-0.25, -0.2) is 0 Å². The van der Waals surface area contributed by atoms with Gasteiger partial charge in [-0.1, -0.05) is 19.1 Å². The molecule has 0 radical (unpaired) electrons. The number of rotatable bonds is 2. The predicted octanol–water partition coefficient (Wildman–Crippen LogP) is 3.29. The first kappa shape index (κ1) is 8.45. The summed E-state index contributed by atoms with van der Waals surface area (Å²) < 4.78 is 0. The van der Waals surface area contributed by atoms with E-state index in [9.17, 15) is 0 Å². The second-order valence-corrected chi connectivity index (χ2v) is 4.00. The summed E-state index contributed by atoms with van der Waals surface area (Å²) in [5, 5.41) is 2.11. The first-order valence-electron chi connectivity index (χ1n) is 4.31.